The van der Waals surface area contributed by atoms with Crippen LogP contribution in [0.1, 0.15) is 37.5 Å². The van der Waals surface area contributed by atoms with Gasteiger partial charge in [-0.15, -0.1) is 0 Å². The van der Waals surface area contributed by atoms with Crippen molar-refractivity contribution < 1.29 is 0 Å². The van der Waals surface area contributed by atoms with E-state index in [2.05, 4.69) is 86.8 Å². The van der Waals surface area contributed by atoms with E-state index >= 15 is 0 Å². The third-order valence-corrected chi connectivity index (χ3v) is 5.97. The summed E-state index contributed by atoms with van der Waals surface area (Å²) in [7, 11) is 0. The average molecular weight is 367 g/mol. The predicted molar refractivity (Wildman–Crippen MR) is 119 cm³/mol. The maximum atomic E-state index is 5.16. The van der Waals surface area contributed by atoms with Crippen molar-refractivity contribution in [2.45, 2.75) is 39.2 Å². The first-order valence-corrected chi connectivity index (χ1v) is 10.2. The molecule has 1 N–H and O–H groups in total. The summed E-state index contributed by atoms with van der Waals surface area (Å²) in [5.41, 5.74) is 7.79. The lowest BCUT2D eigenvalue weighted by molar-refractivity contribution is 0.590. The number of nitrogens with zero attached hydrogens (tertiary/aromatic N) is 1. The summed E-state index contributed by atoms with van der Waals surface area (Å²) in [5.74, 6) is 0. The standard InChI is InChI=1S/C26H26N2/c1-26(2,3)19-11-8-18(9-12-19)25-22-16-27-15-14-21(22)24-20-7-5-4-6-17(20)10-13-23(24)28-25/h4-13,27H,14-16H2,1-3H3. The maximum Gasteiger partial charge on any atom is 0.0757 e. The molecule has 0 unspecified atom stereocenters. The van der Waals surface area contributed by atoms with Crippen LogP contribution in [-0.4, -0.2) is 11.5 Å². The highest BCUT2D eigenvalue weighted by molar-refractivity contribution is 6.09. The molecule has 28 heavy (non-hydrogen) atoms. The molecule has 1 aromatic heterocycles. The van der Waals surface area contributed by atoms with Gasteiger partial charge in [-0.25, -0.2) is 4.98 Å². The molecule has 0 fully saturated rings. The fourth-order valence-corrected chi connectivity index (χ4v) is 4.41. The highest BCUT2D eigenvalue weighted by atomic mass is 14.9. The highest BCUT2D eigenvalue weighted by Gasteiger charge is 2.21. The van der Waals surface area contributed by atoms with Crippen molar-refractivity contribution in [3.8, 4) is 11.3 Å². The van der Waals surface area contributed by atoms with Crippen LogP contribution in [-0.2, 0) is 18.4 Å². The molecule has 0 atom stereocenters. The Morgan fingerprint density at radius 1 is 0.857 bits per heavy atom. The number of pyridine rings is 1. The van der Waals surface area contributed by atoms with Crippen LogP contribution in [0, 0.1) is 0 Å². The van der Waals surface area contributed by atoms with E-state index in [9.17, 15) is 0 Å². The van der Waals surface area contributed by atoms with Gasteiger partial charge >= 0.3 is 0 Å². The highest BCUT2D eigenvalue weighted by Crippen LogP contribution is 2.36. The van der Waals surface area contributed by atoms with Gasteiger partial charge in [0.2, 0.25) is 0 Å². The fraction of sp³-hybridized carbons (Fsp3) is 0.269. The smallest absolute Gasteiger partial charge is 0.0757 e. The van der Waals surface area contributed by atoms with E-state index < -0.39 is 0 Å². The van der Waals surface area contributed by atoms with Crippen molar-refractivity contribution >= 4 is 21.7 Å². The second-order valence-corrected chi connectivity index (χ2v) is 8.85. The summed E-state index contributed by atoms with van der Waals surface area (Å²) >= 11 is 0. The van der Waals surface area contributed by atoms with E-state index in [1.54, 1.807) is 0 Å². The molecule has 1 aliphatic heterocycles. The summed E-state index contributed by atoms with van der Waals surface area (Å²) in [6.45, 7) is 8.68. The van der Waals surface area contributed by atoms with Gasteiger partial charge in [0.25, 0.3) is 0 Å². The van der Waals surface area contributed by atoms with Crippen LogP contribution in [0.15, 0.2) is 60.7 Å². The Kier molecular flexibility index (Phi) is 3.99. The number of nitrogens with one attached hydrogen (secondary N) is 1. The lowest BCUT2D eigenvalue weighted by atomic mass is 9.85. The number of rotatable bonds is 1. The first kappa shape index (κ1) is 17.4. The van der Waals surface area contributed by atoms with Gasteiger partial charge in [0.1, 0.15) is 0 Å². The molecule has 140 valence electrons. The molecule has 5 rings (SSSR count). The van der Waals surface area contributed by atoms with Gasteiger partial charge in [0.05, 0.1) is 11.2 Å². The van der Waals surface area contributed by atoms with E-state index in [1.165, 1.54) is 38.4 Å². The predicted octanol–water partition coefficient (Wildman–Crippen LogP) is 6.00. The molecule has 2 heterocycles. The number of hydrogen-bond donors (Lipinski definition) is 1. The van der Waals surface area contributed by atoms with Gasteiger partial charge in [0, 0.05) is 17.5 Å². The minimum absolute atomic E-state index is 0.162. The Bertz CT molecular complexity index is 1180. The molecule has 0 bridgehead atoms. The zero-order valence-electron chi connectivity index (χ0n) is 16.8. The zero-order valence-corrected chi connectivity index (χ0v) is 16.8. The van der Waals surface area contributed by atoms with Crippen molar-refractivity contribution in [1.29, 1.82) is 0 Å². The topological polar surface area (TPSA) is 24.9 Å². The molecule has 0 saturated heterocycles. The second kappa shape index (κ2) is 6.42. The first-order valence-electron chi connectivity index (χ1n) is 10.2. The van der Waals surface area contributed by atoms with Crippen LogP contribution in [0.25, 0.3) is 32.9 Å². The molecule has 0 saturated carbocycles. The monoisotopic (exact) mass is 366 g/mol. The molecular formula is C26H26N2. The summed E-state index contributed by atoms with van der Waals surface area (Å²) in [6.07, 6.45) is 1.05. The average Bonchev–Trinajstić information content (AvgIpc) is 2.72. The van der Waals surface area contributed by atoms with Crippen LogP contribution in [0.4, 0.5) is 0 Å². The van der Waals surface area contributed by atoms with E-state index in [1.807, 2.05) is 0 Å². The van der Waals surface area contributed by atoms with Gasteiger partial charge in [-0.2, -0.15) is 0 Å². The maximum absolute atomic E-state index is 5.16. The van der Waals surface area contributed by atoms with E-state index in [-0.39, 0.29) is 5.41 Å². The van der Waals surface area contributed by atoms with Crippen molar-refractivity contribution in [3.05, 3.63) is 77.4 Å². The molecule has 0 radical (unpaired) electrons. The largest absolute Gasteiger partial charge is 0.312 e. The molecule has 2 nitrogen and oxygen atoms in total. The van der Waals surface area contributed by atoms with E-state index in [0.717, 1.165) is 30.7 Å². The Morgan fingerprint density at radius 3 is 2.43 bits per heavy atom. The van der Waals surface area contributed by atoms with Crippen molar-refractivity contribution in [2.75, 3.05) is 6.54 Å². The summed E-state index contributed by atoms with van der Waals surface area (Å²) < 4.78 is 0. The zero-order chi connectivity index (χ0) is 19.3. The number of hydrogen-bond acceptors (Lipinski definition) is 2. The van der Waals surface area contributed by atoms with Gasteiger partial charge < -0.3 is 5.32 Å². The molecule has 3 aromatic carbocycles. The first-order chi connectivity index (χ1) is 13.5. The minimum Gasteiger partial charge on any atom is -0.312 e. The molecule has 2 heteroatoms. The van der Waals surface area contributed by atoms with Crippen molar-refractivity contribution in [2.24, 2.45) is 0 Å². The van der Waals surface area contributed by atoms with Crippen LogP contribution in [0.2, 0.25) is 0 Å². The third kappa shape index (κ3) is 2.80. The lowest BCUT2D eigenvalue weighted by Gasteiger charge is -2.24. The van der Waals surface area contributed by atoms with E-state index in [4.69, 9.17) is 4.98 Å². The van der Waals surface area contributed by atoms with Crippen LogP contribution < -0.4 is 5.32 Å². The number of fused-ring (bicyclic) bond motifs is 5. The molecule has 0 aliphatic carbocycles. The Hall–Kier alpha value is -2.71. The Labute approximate surface area is 166 Å². The Balaban J connectivity index is 1.77. The molecule has 4 aromatic rings. The van der Waals surface area contributed by atoms with Crippen LogP contribution in [0.5, 0.6) is 0 Å². The minimum atomic E-state index is 0.162. The van der Waals surface area contributed by atoms with Crippen molar-refractivity contribution in [3.63, 3.8) is 0 Å². The Morgan fingerprint density at radius 2 is 1.64 bits per heavy atom. The summed E-state index contributed by atoms with van der Waals surface area (Å²) in [6, 6.07) is 22.1. The quantitative estimate of drug-likeness (QED) is 0.418. The lowest BCUT2D eigenvalue weighted by Crippen LogP contribution is -2.25. The molecular weight excluding hydrogens is 340 g/mol. The van der Waals surface area contributed by atoms with Gasteiger partial charge in [0.15, 0.2) is 0 Å². The normalized spacial score (nSPS) is 14.4. The summed E-state index contributed by atoms with van der Waals surface area (Å²) in [4.78, 5) is 5.16. The van der Waals surface area contributed by atoms with Crippen LogP contribution >= 0.6 is 0 Å². The van der Waals surface area contributed by atoms with Gasteiger partial charge in [-0.3, -0.25) is 0 Å². The summed E-state index contributed by atoms with van der Waals surface area (Å²) in [5, 5.41) is 7.51. The number of benzene rings is 3. The SMILES string of the molecule is CC(C)(C)c1ccc(-c2nc3ccc4ccccc4c3c3c2CNCC3)cc1. The fourth-order valence-electron chi connectivity index (χ4n) is 4.41. The third-order valence-electron chi connectivity index (χ3n) is 5.97. The molecule has 0 spiro atoms. The van der Waals surface area contributed by atoms with E-state index in [0.29, 0.717) is 0 Å². The van der Waals surface area contributed by atoms with Gasteiger partial charge in [-0.05, 0) is 51.9 Å². The van der Waals surface area contributed by atoms with Gasteiger partial charge in [-0.1, -0.05) is 75.4 Å². The molecule has 1 aliphatic rings. The van der Waals surface area contributed by atoms with Crippen LogP contribution in [0.3, 0.4) is 0 Å². The van der Waals surface area contributed by atoms with Crippen molar-refractivity contribution in [1.82, 2.24) is 10.3 Å². The second-order valence-electron chi connectivity index (χ2n) is 8.85. The number of aromatic nitrogens is 1. The molecule has 0 amide bonds.